The number of unbranched alkanes of at least 4 members (excludes halogenated alkanes) is 2. The predicted octanol–water partition coefficient (Wildman–Crippen LogP) is 2.36. The molecule has 0 saturated heterocycles. The molecule has 0 aromatic carbocycles. The topological polar surface area (TPSA) is 50.7 Å². The van der Waals surface area contributed by atoms with Crippen LogP contribution >= 0.6 is 0 Å². The first-order valence-electron chi connectivity index (χ1n) is 5.00. The highest BCUT2D eigenvalue weighted by Gasteiger charge is 1.95. The fraction of sp³-hybridized carbons (Fsp3) is 0.800. The first-order chi connectivity index (χ1) is 6.20. The van der Waals surface area contributed by atoms with Crippen molar-refractivity contribution in [3.8, 4) is 0 Å². The molecule has 13 heavy (non-hydrogen) atoms. The van der Waals surface area contributed by atoms with Gasteiger partial charge in [0.25, 0.3) is 0 Å². The number of aliphatic imine (C=N–C) groups is 1. The summed E-state index contributed by atoms with van der Waals surface area (Å²) < 4.78 is 0. The van der Waals surface area contributed by atoms with Crippen LogP contribution in [-0.4, -0.2) is 18.0 Å². The van der Waals surface area contributed by atoms with Crippen molar-refractivity contribution in [1.29, 1.82) is 0 Å². The zero-order valence-corrected chi connectivity index (χ0v) is 8.95. The third kappa shape index (κ3) is 7.50. The third-order valence-corrected chi connectivity index (χ3v) is 1.72. The summed E-state index contributed by atoms with van der Waals surface area (Å²) in [6.45, 7) is 6.26. The molecule has 0 atom stereocenters. The van der Waals surface area contributed by atoms with Gasteiger partial charge >= 0.3 is 0 Å². The van der Waals surface area contributed by atoms with E-state index in [0.717, 1.165) is 18.6 Å². The maximum atomic E-state index is 5.24. The number of nitrogens with two attached hydrogens (primary N) is 1. The zero-order valence-electron chi connectivity index (χ0n) is 8.95. The van der Waals surface area contributed by atoms with E-state index in [0.29, 0.717) is 6.04 Å². The number of nitrogens with zero attached hydrogens (tertiary/aromatic N) is 2. The summed E-state index contributed by atoms with van der Waals surface area (Å²) in [6.07, 6.45) is 6.34. The SMILES string of the molecule is CCCCCC(C=NC(C)C)=NN. The number of rotatable bonds is 6. The summed E-state index contributed by atoms with van der Waals surface area (Å²) in [5.74, 6) is 5.24. The minimum atomic E-state index is 0.322. The Bertz CT molecular complexity index is 171. The van der Waals surface area contributed by atoms with E-state index >= 15 is 0 Å². The van der Waals surface area contributed by atoms with Crippen molar-refractivity contribution in [3.05, 3.63) is 0 Å². The Morgan fingerprint density at radius 3 is 2.54 bits per heavy atom. The molecule has 0 spiro atoms. The standard InChI is InChI=1S/C10H21N3/c1-4-5-6-7-10(13-11)8-12-9(2)3/h8-9H,4-7,11H2,1-3H3. The van der Waals surface area contributed by atoms with Crippen LogP contribution in [-0.2, 0) is 0 Å². The van der Waals surface area contributed by atoms with Crippen LogP contribution in [0.25, 0.3) is 0 Å². The van der Waals surface area contributed by atoms with Crippen LogP contribution in [0.4, 0.5) is 0 Å². The van der Waals surface area contributed by atoms with E-state index in [-0.39, 0.29) is 0 Å². The Morgan fingerprint density at radius 1 is 1.38 bits per heavy atom. The van der Waals surface area contributed by atoms with Gasteiger partial charge < -0.3 is 5.84 Å². The summed E-state index contributed by atoms with van der Waals surface area (Å²) in [6, 6.07) is 0.322. The molecule has 0 bridgehead atoms. The summed E-state index contributed by atoms with van der Waals surface area (Å²) in [4.78, 5) is 4.24. The fourth-order valence-corrected chi connectivity index (χ4v) is 0.954. The van der Waals surface area contributed by atoms with E-state index in [4.69, 9.17) is 5.84 Å². The van der Waals surface area contributed by atoms with Crippen LogP contribution in [0.15, 0.2) is 10.1 Å². The molecular formula is C10H21N3. The highest BCUT2D eigenvalue weighted by molar-refractivity contribution is 6.30. The molecule has 0 aromatic rings. The van der Waals surface area contributed by atoms with Gasteiger partial charge in [0.1, 0.15) is 0 Å². The van der Waals surface area contributed by atoms with Gasteiger partial charge in [-0.1, -0.05) is 19.8 Å². The van der Waals surface area contributed by atoms with Gasteiger partial charge in [0.2, 0.25) is 0 Å². The van der Waals surface area contributed by atoms with Gasteiger partial charge in [0.05, 0.1) is 5.71 Å². The second-order valence-corrected chi connectivity index (χ2v) is 3.45. The van der Waals surface area contributed by atoms with Crippen molar-refractivity contribution in [1.82, 2.24) is 0 Å². The lowest BCUT2D eigenvalue weighted by Gasteiger charge is -1.99. The van der Waals surface area contributed by atoms with Crippen molar-refractivity contribution in [2.24, 2.45) is 15.9 Å². The molecule has 0 rings (SSSR count). The zero-order chi connectivity index (χ0) is 10.1. The molecule has 76 valence electrons. The van der Waals surface area contributed by atoms with Crippen molar-refractivity contribution < 1.29 is 0 Å². The highest BCUT2D eigenvalue weighted by atomic mass is 15.1. The van der Waals surface area contributed by atoms with Crippen molar-refractivity contribution in [2.45, 2.75) is 52.5 Å². The van der Waals surface area contributed by atoms with Gasteiger partial charge in [-0.25, -0.2) is 0 Å². The smallest absolute Gasteiger partial charge is 0.0778 e. The largest absolute Gasteiger partial charge is 0.323 e. The molecule has 3 nitrogen and oxygen atoms in total. The number of hydrogen-bond acceptors (Lipinski definition) is 3. The van der Waals surface area contributed by atoms with E-state index in [2.05, 4.69) is 17.0 Å². The molecule has 0 heterocycles. The quantitative estimate of drug-likeness (QED) is 0.292. The average Bonchev–Trinajstić information content (AvgIpc) is 2.10. The molecule has 0 unspecified atom stereocenters. The van der Waals surface area contributed by atoms with Crippen molar-refractivity contribution in [3.63, 3.8) is 0 Å². The van der Waals surface area contributed by atoms with Crippen LogP contribution in [0.2, 0.25) is 0 Å². The molecule has 2 N–H and O–H groups in total. The molecule has 0 saturated carbocycles. The Labute approximate surface area is 81.1 Å². The Hall–Kier alpha value is -0.860. The first-order valence-corrected chi connectivity index (χ1v) is 5.00. The molecule has 3 heteroatoms. The summed E-state index contributed by atoms with van der Waals surface area (Å²) in [7, 11) is 0. The average molecular weight is 183 g/mol. The van der Waals surface area contributed by atoms with Gasteiger partial charge in [-0.05, 0) is 26.7 Å². The molecule has 0 radical (unpaired) electrons. The summed E-state index contributed by atoms with van der Waals surface area (Å²) >= 11 is 0. The van der Waals surface area contributed by atoms with E-state index in [9.17, 15) is 0 Å². The first kappa shape index (κ1) is 12.1. The van der Waals surface area contributed by atoms with E-state index < -0.39 is 0 Å². The molecule has 0 fully saturated rings. The van der Waals surface area contributed by atoms with Crippen LogP contribution in [0, 0.1) is 0 Å². The van der Waals surface area contributed by atoms with Gasteiger partial charge in [-0.2, -0.15) is 5.10 Å². The Morgan fingerprint density at radius 2 is 2.08 bits per heavy atom. The molecule has 0 aliphatic heterocycles. The van der Waals surface area contributed by atoms with Crippen molar-refractivity contribution >= 4 is 11.9 Å². The third-order valence-electron chi connectivity index (χ3n) is 1.72. The van der Waals surface area contributed by atoms with Gasteiger partial charge in [0, 0.05) is 12.3 Å². The van der Waals surface area contributed by atoms with Crippen LogP contribution in [0.3, 0.4) is 0 Å². The van der Waals surface area contributed by atoms with Crippen molar-refractivity contribution in [2.75, 3.05) is 0 Å². The second kappa shape index (κ2) is 7.77. The molecule has 0 aromatic heterocycles. The Kier molecular flexibility index (Phi) is 7.26. The predicted molar refractivity (Wildman–Crippen MR) is 59.4 cm³/mol. The fourth-order valence-electron chi connectivity index (χ4n) is 0.954. The van der Waals surface area contributed by atoms with Gasteiger partial charge in [-0.3, -0.25) is 4.99 Å². The lowest BCUT2D eigenvalue weighted by atomic mass is 10.1. The molecule has 0 aliphatic rings. The number of hydrogen-bond donors (Lipinski definition) is 1. The summed E-state index contributed by atoms with van der Waals surface area (Å²) in [5.41, 5.74) is 0.905. The summed E-state index contributed by atoms with van der Waals surface area (Å²) in [5, 5.41) is 3.70. The van der Waals surface area contributed by atoms with Gasteiger partial charge in [-0.15, -0.1) is 0 Å². The number of hydrazone groups is 1. The minimum absolute atomic E-state index is 0.322. The lowest BCUT2D eigenvalue weighted by Crippen LogP contribution is -2.05. The lowest BCUT2D eigenvalue weighted by molar-refractivity contribution is 0.742. The van der Waals surface area contributed by atoms with E-state index in [1.807, 2.05) is 13.8 Å². The van der Waals surface area contributed by atoms with E-state index in [1.165, 1.54) is 12.8 Å². The molecular weight excluding hydrogens is 162 g/mol. The monoisotopic (exact) mass is 183 g/mol. The Balaban J connectivity index is 3.78. The van der Waals surface area contributed by atoms with Crippen LogP contribution in [0.1, 0.15) is 46.5 Å². The minimum Gasteiger partial charge on any atom is -0.323 e. The van der Waals surface area contributed by atoms with Gasteiger partial charge in [0.15, 0.2) is 0 Å². The highest BCUT2D eigenvalue weighted by Crippen LogP contribution is 1.99. The molecule has 0 amide bonds. The molecule has 0 aliphatic carbocycles. The van der Waals surface area contributed by atoms with E-state index in [1.54, 1.807) is 6.21 Å². The van der Waals surface area contributed by atoms with Crippen LogP contribution in [0.5, 0.6) is 0 Å². The normalized spacial score (nSPS) is 13.1. The van der Waals surface area contributed by atoms with Crippen LogP contribution < -0.4 is 5.84 Å². The maximum absolute atomic E-state index is 5.24. The maximum Gasteiger partial charge on any atom is 0.0778 e. The second-order valence-electron chi connectivity index (χ2n) is 3.45.